The Hall–Kier alpha value is -15.7. The molecule has 10 aromatic carbocycles. The highest BCUT2D eigenvalue weighted by molar-refractivity contribution is 5.84. The molecule has 0 heterocycles. The molecule has 0 N–H and O–H groups in total. The Morgan fingerprint density at radius 3 is 1.04 bits per heavy atom. The van der Waals surface area contributed by atoms with Crippen LogP contribution in [0.3, 0.4) is 0 Å². The maximum Gasteiger partial charge on any atom is 0.387 e. The Balaban J connectivity index is 0.000000275. The average Bonchev–Trinajstić information content (AvgIpc) is 0.831. The summed E-state index contributed by atoms with van der Waals surface area (Å²) in [6.07, 6.45) is -0.175. The van der Waals surface area contributed by atoms with Crippen molar-refractivity contribution < 1.29 is 57.5 Å². The molecule has 0 fully saturated rings. The van der Waals surface area contributed by atoms with E-state index in [1.165, 1.54) is 48.5 Å². The summed E-state index contributed by atoms with van der Waals surface area (Å²) in [6, 6.07) is 76.3. The number of nitro groups is 2. The van der Waals surface area contributed by atoms with Crippen molar-refractivity contribution in [1.82, 2.24) is 0 Å². The summed E-state index contributed by atoms with van der Waals surface area (Å²) in [4.78, 5) is 90.1. The number of nitriles is 4. The van der Waals surface area contributed by atoms with Crippen LogP contribution >= 0.6 is 0 Å². The number of esters is 5. The molecule has 0 bridgehead atoms. The molecule has 0 aliphatic carbocycles. The highest BCUT2D eigenvalue weighted by Gasteiger charge is 2.42. The van der Waals surface area contributed by atoms with Crippen molar-refractivity contribution in [2.24, 2.45) is 25.9 Å². The number of azo groups is 2. The molecule has 10 aromatic rings. The topological polar surface area (TPSA) is 373 Å². The van der Waals surface area contributed by atoms with Crippen molar-refractivity contribution in [2.45, 2.75) is 39.5 Å². The van der Waals surface area contributed by atoms with Gasteiger partial charge in [0.25, 0.3) is 11.4 Å². The third-order valence-corrected chi connectivity index (χ3v) is 16.9. The molecule has 27 nitrogen and oxygen atoms in total. The lowest BCUT2D eigenvalue weighted by atomic mass is 9.80. The second-order valence-corrected chi connectivity index (χ2v) is 24.2. The predicted molar refractivity (Wildman–Crippen MR) is 420 cm³/mol. The Morgan fingerprint density at radius 2 is 0.752 bits per heavy atom. The first-order valence-corrected chi connectivity index (χ1v) is 34.9. The SMILES string of the molecule is C=CC(=O)Oc1ccc(-c2ccc(C#N)cc2)cc1.CCN(CCOC(=O)C(C#N)(CCC(=O)Oc1ccc(-c2ccc(C#N)cc2)cc1)CCC(=O)Oc1ccc(-c2ccc(C#N)cc2)cc1)c1ccc(N=Nc2ccc([N+](=O)[O-])cc2)cc1.[C-]#[N+]CC(=O)OCCN(CC)c1ccc(N=Nc2ccc([N+](=O)[O-])cc2)cc1. The van der Waals surface area contributed by atoms with Crippen LogP contribution in [0, 0.1) is 77.5 Å². The van der Waals surface area contributed by atoms with Gasteiger partial charge in [-0.25, -0.2) is 16.2 Å². The fourth-order valence-electron chi connectivity index (χ4n) is 10.7. The number of anilines is 2. The molecule has 0 atom stereocenters. The number of hydrogen-bond acceptors (Lipinski definition) is 24. The van der Waals surface area contributed by atoms with E-state index in [9.17, 15) is 49.5 Å². The third kappa shape index (κ3) is 25.8. The van der Waals surface area contributed by atoms with Crippen LogP contribution < -0.4 is 24.0 Å². The molecule has 0 aliphatic heterocycles. The van der Waals surface area contributed by atoms with E-state index in [0.717, 1.165) is 57.4 Å². The number of benzene rings is 10. The number of ether oxygens (including phenoxy) is 5. The molecule has 564 valence electrons. The summed E-state index contributed by atoms with van der Waals surface area (Å²) in [5, 5.41) is 75.6. The molecular formula is C86H71N13O14. The minimum atomic E-state index is -1.91. The van der Waals surface area contributed by atoms with Crippen LogP contribution in [-0.2, 0) is 33.4 Å². The van der Waals surface area contributed by atoms with Crippen LogP contribution in [0.1, 0.15) is 56.2 Å². The maximum absolute atomic E-state index is 13.9. The van der Waals surface area contributed by atoms with E-state index in [4.69, 9.17) is 46.0 Å². The third-order valence-electron chi connectivity index (χ3n) is 16.9. The Labute approximate surface area is 650 Å². The van der Waals surface area contributed by atoms with Crippen LogP contribution in [0.5, 0.6) is 17.2 Å². The van der Waals surface area contributed by atoms with Crippen LogP contribution in [0.15, 0.2) is 276 Å². The average molecular weight is 1510 g/mol. The van der Waals surface area contributed by atoms with Gasteiger partial charge < -0.3 is 38.3 Å². The molecular weight excluding hydrogens is 1440 g/mol. The lowest BCUT2D eigenvalue weighted by Gasteiger charge is -2.26. The first-order valence-electron chi connectivity index (χ1n) is 34.9. The van der Waals surface area contributed by atoms with Crippen LogP contribution in [0.4, 0.5) is 45.5 Å². The molecule has 10 rings (SSSR count). The first kappa shape index (κ1) is 83.0. The van der Waals surface area contributed by atoms with Crippen LogP contribution in [0.2, 0.25) is 0 Å². The van der Waals surface area contributed by atoms with Crippen LogP contribution in [-0.4, -0.2) is 85.6 Å². The van der Waals surface area contributed by atoms with Crippen molar-refractivity contribution in [3.63, 3.8) is 0 Å². The molecule has 0 aliphatic rings. The van der Waals surface area contributed by atoms with Crippen molar-refractivity contribution in [2.75, 3.05) is 55.7 Å². The molecule has 0 amide bonds. The zero-order valence-electron chi connectivity index (χ0n) is 61.2. The highest BCUT2D eigenvalue weighted by Crippen LogP contribution is 2.34. The van der Waals surface area contributed by atoms with Gasteiger partial charge >= 0.3 is 36.4 Å². The van der Waals surface area contributed by atoms with E-state index >= 15 is 0 Å². The Morgan fingerprint density at radius 1 is 0.451 bits per heavy atom. The number of nitrogens with zero attached hydrogens (tertiary/aromatic N) is 13. The predicted octanol–water partition coefficient (Wildman–Crippen LogP) is 18.4. The molecule has 0 saturated heterocycles. The van der Waals surface area contributed by atoms with Gasteiger partial charge in [-0.1, -0.05) is 79.4 Å². The number of carbonyl (C=O) groups is 5. The van der Waals surface area contributed by atoms with E-state index in [2.05, 4.69) is 50.1 Å². The molecule has 27 heteroatoms. The number of non-ortho nitro benzene ring substituents is 2. The summed E-state index contributed by atoms with van der Waals surface area (Å²) >= 11 is 0. The van der Waals surface area contributed by atoms with Gasteiger partial charge in [0.1, 0.15) is 30.5 Å². The molecule has 0 saturated carbocycles. The molecule has 0 aromatic heterocycles. The standard InChI is InChI=1S/C51H41N7O8.C19H19N5O4.C16H11NO2/c1-2-57(44-19-15-42(16-20-44)55-56-43-17-21-45(22-18-43)58(62)63)31-32-64-50(61)51(35-54,29-27-48(59)65-46-23-11-40(12-24-46)38-7-3-36(33-52)4-8-38)30-28-49(60)66-47-25-13-41(14-26-47)39-9-5-37(34-53)6-10-39;1-3-23(12-13-28-19(25)14-20-2)17-8-4-15(5-9-17)21-22-16-6-10-18(11-7-16)24(26)27;1-2-16(18)19-15-9-7-14(8-10-15)13-5-3-12(11-17)4-6-13/h3-26H,2,27-32H2,1H3;4-11H,3,12-14H2,1H3;2-10H,1H2. The maximum atomic E-state index is 13.9. The van der Waals surface area contributed by atoms with Crippen molar-refractivity contribution >= 4 is 75.3 Å². The lowest BCUT2D eigenvalue weighted by Crippen LogP contribution is -2.36. The van der Waals surface area contributed by atoms with Gasteiger partial charge in [0.15, 0.2) is 5.41 Å². The number of rotatable bonds is 31. The van der Waals surface area contributed by atoms with E-state index in [-0.39, 0.29) is 74.9 Å². The van der Waals surface area contributed by atoms with Gasteiger partial charge in [-0.3, -0.25) is 34.6 Å². The smallest absolute Gasteiger partial charge is 0.387 e. The lowest BCUT2D eigenvalue weighted by molar-refractivity contribution is -0.385. The number of nitro benzene ring substituents is 2. The molecule has 0 radical (unpaired) electrons. The van der Waals surface area contributed by atoms with Crippen molar-refractivity contribution in [3.05, 3.63) is 304 Å². The van der Waals surface area contributed by atoms with Gasteiger partial charge in [0, 0.05) is 67.6 Å². The Bertz CT molecular complexity index is 5110. The van der Waals surface area contributed by atoms with Gasteiger partial charge in [-0.15, -0.1) is 0 Å². The van der Waals surface area contributed by atoms with Gasteiger partial charge in [0.2, 0.25) is 0 Å². The zero-order chi connectivity index (χ0) is 80.9. The zero-order valence-corrected chi connectivity index (χ0v) is 61.2. The summed E-state index contributed by atoms with van der Waals surface area (Å²) in [5.41, 5.74) is 8.98. The fraction of sp³-hybridized carbons (Fsp3) is 0.163. The van der Waals surface area contributed by atoms with E-state index in [1.54, 1.807) is 121 Å². The van der Waals surface area contributed by atoms with Crippen molar-refractivity contribution in [3.8, 4) is 74.9 Å². The number of likely N-dealkylation sites (N-methyl/N-ethyl adjacent to an activating group) is 2. The summed E-state index contributed by atoms with van der Waals surface area (Å²) in [5.74, 6) is -2.34. The first-order chi connectivity index (χ1) is 54.8. The summed E-state index contributed by atoms with van der Waals surface area (Å²) in [6.45, 7) is 15.7. The molecule has 113 heavy (non-hydrogen) atoms. The minimum Gasteiger partial charge on any atom is -0.463 e. The normalized spacial score (nSPS) is 10.5. The van der Waals surface area contributed by atoms with Gasteiger partial charge in [-0.05, 0) is 206 Å². The van der Waals surface area contributed by atoms with Crippen LogP contribution in [0.25, 0.3) is 38.2 Å². The quantitative estimate of drug-likeness (QED) is 0.00740. The highest BCUT2D eigenvalue weighted by atomic mass is 16.6. The molecule has 0 unspecified atom stereocenters. The monoisotopic (exact) mass is 1510 g/mol. The summed E-state index contributed by atoms with van der Waals surface area (Å²) < 4.78 is 26.8. The second kappa shape index (κ2) is 42.6. The number of carbonyl (C=O) groups excluding carboxylic acids is 5. The molecule has 0 spiro atoms. The van der Waals surface area contributed by atoms with E-state index in [0.29, 0.717) is 58.3 Å². The van der Waals surface area contributed by atoms with E-state index < -0.39 is 45.1 Å². The largest absolute Gasteiger partial charge is 0.463 e. The van der Waals surface area contributed by atoms with Gasteiger partial charge in [-0.2, -0.15) is 41.5 Å². The van der Waals surface area contributed by atoms with Crippen molar-refractivity contribution in [1.29, 1.82) is 21.0 Å². The fourth-order valence-corrected chi connectivity index (χ4v) is 10.7. The van der Waals surface area contributed by atoms with Gasteiger partial charge in [0.05, 0.1) is 86.7 Å². The summed E-state index contributed by atoms with van der Waals surface area (Å²) in [7, 11) is 0. The minimum absolute atomic E-state index is 0.00253. The number of hydrogen-bond donors (Lipinski definition) is 0. The second-order valence-electron chi connectivity index (χ2n) is 24.2. The van der Waals surface area contributed by atoms with E-state index in [1.807, 2.05) is 103 Å². The Kier molecular flexibility index (Phi) is 31.3.